The number of carbonyl (C=O) groups is 1. The summed E-state index contributed by atoms with van der Waals surface area (Å²) in [5.41, 5.74) is 1.51. The fourth-order valence-corrected chi connectivity index (χ4v) is 1.73. The van der Waals surface area contributed by atoms with Crippen LogP contribution in [-0.2, 0) is 11.2 Å². The van der Waals surface area contributed by atoms with E-state index < -0.39 is 5.54 Å². The molecular formula is C14H20ClNO2. The number of halogens is 1. The van der Waals surface area contributed by atoms with Crippen molar-refractivity contribution >= 4 is 17.5 Å². The Labute approximate surface area is 113 Å². The molecule has 0 aliphatic carbocycles. The van der Waals surface area contributed by atoms with Gasteiger partial charge in [-0.05, 0) is 44.4 Å². The molecule has 0 radical (unpaired) electrons. The van der Waals surface area contributed by atoms with Crippen molar-refractivity contribution in [1.29, 1.82) is 0 Å². The molecule has 0 atom stereocenters. The maximum absolute atomic E-state index is 11.7. The monoisotopic (exact) mass is 269 g/mol. The molecule has 0 aromatic heterocycles. The predicted molar refractivity (Wildman–Crippen MR) is 73.8 cm³/mol. The van der Waals surface area contributed by atoms with Crippen LogP contribution < -0.4 is 5.32 Å². The summed E-state index contributed by atoms with van der Waals surface area (Å²) in [5.74, 6) is -0.0641. The molecule has 1 rings (SSSR count). The van der Waals surface area contributed by atoms with E-state index in [0.717, 1.165) is 16.1 Å². The van der Waals surface area contributed by atoms with Gasteiger partial charge in [-0.25, -0.2) is 0 Å². The van der Waals surface area contributed by atoms with E-state index >= 15 is 0 Å². The third kappa shape index (κ3) is 4.67. The average molecular weight is 270 g/mol. The molecular weight excluding hydrogens is 250 g/mol. The van der Waals surface area contributed by atoms with Gasteiger partial charge in [0, 0.05) is 11.4 Å². The summed E-state index contributed by atoms with van der Waals surface area (Å²) >= 11 is 6.02. The van der Waals surface area contributed by atoms with Crippen LogP contribution in [0.15, 0.2) is 18.2 Å². The average Bonchev–Trinajstić information content (AvgIpc) is 2.30. The highest BCUT2D eigenvalue weighted by molar-refractivity contribution is 6.31. The third-order valence-corrected chi connectivity index (χ3v) is 3.16. The first-order valence-corrected chi connectivity index (χ1v) is 6.39. The van der Waals surface area contributed by atoms with Crippen molar-refractivity contribution in [1.82, 2.24) is 5.32 Å². The zero-order valence-corrected chi connectivity index (χ0v) is 11.8. The predicted octanol–water partition coefficient (Wildman–Crippen LogP) is 2.47. The molecule has 0 saturated carbocycles. The largest absolute Gasteiger partial charge is 0.394 e. The molecule has 4 heteroatoms. The number of amides is 1. The summed E-state index contributed by atoms with van der Waals surface area (Å²) in [7, 11) is 0. The second-order valence-electron chi connectivity index (χ2n) is 5.17. The highest BCUT2D eigenvalue weighted by Gasteiger charge is 2.18. The summed E-state index contributed by atoms with van der Waals surface area (Å²) in [6.07, 6.45) is 1.04. The first kappa shape index (κ1) is 15.0. The molecule has 0 aliphatic heterocycles. The zero-order valence-electron chi connectivity index (χ0n) is 11.1. The van der Waals surface area contributed by atoms with Gasteiger partial charge in [0.15, 0.2) is 0 Å². The zero-order chi connectivity index (χ0) is 13.8. The van der Waals surface area contributed by atoms with Crippen LogP contribution in [0.3, 0.4) is 0 Å². The van der Waals surface area contributed by atoms with Gasteiger partial charge in [0.05, 0.1) is 12.1 Å². The number of hydrogen-bond acceptors (Lipinski definition) is 2. The Hall–Kier alpha value is -1.06. The first-order chi connectivity index (χ1) is 8.34. The van der Waals surface area contributed by atoms with Crippen LogP contribution in [0.5, 0.6) is 0 Å². The summed E-state index contributed by atoms with van der Waals surface area (Å²) in [4.78, 5) is 11.7. The summed E-state index contributed by atoms with van der Waals surface area (Å²) in [6, 6.07) is 5.82. The molecule has 18 heavy (non-hydrogen) atoms. The van der Waals surface area contributed by atoms with Crippen LogP contribution in [0.1, 0.15) is 31.4 Å². The van der Waals surface area contributed by atoms with E-state index in [2.05, 4.69) is 5.32 Å². The topological polar surface area (TPSA) is 49.3 Å². The van der Waals surface area contributed by atoms with E-state index in [4.69, 9.17) is 16.7 Å². The molecule has 0 fully saturated rings. The van der Waals surface area contributed by atoms with Crippen LogP contribution in [0.4, 0.5) is 0 Å². The normalized spacial score (nSPS) is 11.4. The third-order valence-electron chi connectivity index (χ3n) is 2.75. The molecule has 1 aromatic rings. The fourth-order valence-electron chi connectivity index (χ4n) is 1.53. The van der Waals surface area contributed by atoms with Gasteiger partial charge in [-0.3, -0.25) is 4.79 Å². The molecule has 0 aliphatic rings. The van der Waals surface area contributed by atoms with Gasteiger partial charge in [-0.15, -0.1) is 0 Å². The van der Waals surface area contributed by atoms with E-state index in [-0.39, 0.29) is 12.5 Å². The number of carbonyl (C=O) groups excluding carboxylic acids is 1. The number of rotatable bonds is 5. The van der Waals surface area contributed by atoms with Crippen LogP contribution in [0.25, 0.3) is 0 Å². The smallest absolute Gasteiger partial charge is 0.220 e. The highest BCUT2D eigenvalue weighted by Crippen LogP contribution is 2.17. The molecule has 3 nitrogen and oxygen atoms in total. The molecule has 0 spiro atoms. The van der Waals surface area contributed by atoms with Crippen molar-refractivity contribution in [2.75, 3.05) is 6.61 Å². The molecule has 1 amide bonds. The lowest BCUT2D eigenvalue weighted by atomic mass is 10.0. The second kappa shape index (κ2) is 6.21. The summed E-state index contributed by atoms with van der Waals surface area (Å²) in [5, 5.41) is 12.6. The van der Waals surface area contributed by atoms with Crippen LogP contribution in [-0.4, -0.2) is 23.2 Å². The Morgan fingerprint density at radius 2 is 2.11 bits per heavy atom. The standard InChI is InChI=1S/C14H20ClNO2/c1-10-4-5-11(8-12(10)15)6-7-13(18)16-14(2,3)9-17/h4-5,8,17H,6-7,9H2,1-3H3,(H,16,18). The first-order valence-electron chi connectivity index (χ1n) is 6.01. The lowest BCUT2D eigenvalue weighted by Gasteiger charge is -2.23. The van der Waals surface area contributed by atoms with Gasteiger partial charge in [0.25, 0.3) is 0 Å². The van der Waals surface area contributed by atoms with Crippen molar-refractivity contribution in [3.63, 3.8) is 0 Å². The van der Waals surface area contributed by atoms with Gasteiger partial charge < -0.3 is 10.4 Å². The molecule has 0 unspecified atom stereocenters. The lowest BCUT2D eigenvalue weighted by Crippen LogP contribution is -2.46. The van der Waals surface area contributed by atoms with Gasteiger partial charge >= 0.3 is 0 Å². The number of aliphatic hydroxyl groups is 1. The van der Waals surface area contributed by atoms with Gasteiger partial charge in [0.2, 0.25) is 5.91 Å². The molecule has 0 saturated heterocycles. The highest BCUT2D eigenvalue weighted by atomic mass is 35.5. The van der Waals surface area contributed by atoms with Crippen molar-refractivity contribution < 1.29 is 9.90 Å². The molecule has 100 valence electrons. The molecule has 0 heterocycles. The van der Waals surface area contributed by atoms with Gasteiger partial charge in [-0.1, -0.05) is 23.7 Å². The molecule has 2 N–H and O–H groups in total. The number of nitrogens with one attached hydrogen (secondary N) is 1. The molecule has 1 aromatic carbocycles. The maximum Gasteiger partial charge on any atom is 0.220 e. The fraction of sp³-hybridized carbons (Fsp3) is 0.500. The van der Waals surface area contributed by atoms with Gasteiger partial charge in [-0.2, -0.15) is 0 Å². The quantitative estimate of drug-likeness (QED) is 0.863. The van der Waals surface area contributed by atoms with Crippen molar-refractivity contribution in [3.05, 3.63) is 34.3 Å². The number of aryl methyl sites for hydroxylation is 2. The Kier molecular flexibility index (Phi) is 5.17. The minimum atomic E-state index is -0.567. The van der Waals surface area contributed by atoms with E-state index in [1.54, 1.807) is 13.8 Å². The lowest BCUT2D eigenvalue weighted by molar-refractivity contribution is -0.123. The van der Waals surface area contributed by atoms with Crippen LogP contribution in [0, 0.1) is 6.92 Å². The Balaban J connectivity index is 2.50. The Morgan fingerprint density at radius 3 is 2.67 bits per heavy atom. The minimum Gasteiger partial charge on any atom is -0.394 e. The van der Waals surface area contributed by atoms with Gasteiger partial charge in [0.1, 0.15) is 0 Å². The summed E-state index contributed by atoms with van der Waals surface area (Å²) < 4.78 is 0. The number of benzene rings is 1. The van der Waals surface area contributed by atoms with Crippen molar-refractivity contribution in [2.24, 2.45) is 0 Å². The van der Waals surface area contributed by atoms with Crippen molar-refractivity contribution in [2.45, 2.75) is 39.2 Å². The van der Waals surface area contributed by atoms with Crippen LogP contribution >= 0.6 is 11.6 Å². The number of hydrogen-bond donors (Lipinski definition) is 2. The van der Waals surface area contributed by atoms with Crippen LogP contribution in [0.2, 0.25) is 5.02 Å². The van der Waals surface area contributed by atoms with E-state index in [9.17, 15) is 4.79 Å². The van der Waals surface area contributed by atoms with Crippen molar-refractivity contribution in [3.8, 4) is 0 Å². The second-order valence-corrected chi connectivity index (χ2v) is 5.58. The summed E-state index contributed by atoms with van der Waals surface area (Å²) in [6.45, 7) is 5.44. The van der Waals surface area contributed by atoms with E-state index in [1.165, 1.54) is 0 Å². The SMILES string of the molecule is Cc1ccc(CCC(=O)NC(C)(C)CO)cc1Cl. The molecule has 0 bridgehead atoms. The Bertz CT molecular complexity index is 430. The number of aliphatic hydroxyl groups excluding tert-OH is 1. The van der Waals surface area contributed by atoms with E-state index in [1.807, 2.05) is 25.1 Å². The minimum absolute atomic E-state index is 0.0641. The maximum atomic E-state index is 11.7. The van der Waals surface area contributed by atoms with E-state index in [0.29, 0.717) is 12.8 Å². The Morgan fingerprint density at radius 1 is 1.44 bits per heavy atom.